The van der Waals surface area contributed by atoms with Crippen LogP contribution in [0.15, 0.2) is 53.6 Å². The molecule has 0 spiro atoms. The summed E-state index contributed by atoms with van der Waals surface area (Å²) in [6, 6.07) is 12.4. The molecule has 0 radical (unpaired) electrons. The van der Waals surface area contributed by atoms with E-state index in [1.54, 1.807) is 30.3 Å². The number of phenolic OH excluding ortho intramolecular Hbond substituents is 2. The predicted octanol–water partition coefficient (Wildman–Crippen LogP) is 1.86. The lowest BCUT2D eigenvalue weighted by atomic mass is 10.2. The molecule has 2 rings (SSSR count). The minimum atomic E-state index is -0.424. The van der Waals surface area contributed by atoms with Crippen LogP contribution in [0.5, 0.6) is 11.5 Å². The summed E-state index contributed by atoms with van der Waals surface area (Å²) in [5.41, 5.74) is 3.31. The van der Waals surface area contributed by atoms with Gasteiger partial charge >= 0.3 is 0 Å². The maximum absolute atomic E-state index is 11.7. The molecule has 0 heterocycles. The molecule has 96 valence electrons. The Morgan fingerprint density at radius 1 is 1.05 bits per heavy atom. The van der Waals surface area contributed by atoms with Gasteiger partial charge in [-0.2, -0.15) is 5.10 Å². The molecule has 1 amide bonds. The lowest BCUT2D eigenvalue weighted by Crippen LogP contribution is -2.17. The zero-order valence-electron chi connectivity index (χ0n) is 9.95. The molecule has 5 heteroatoms. The number of hydrogen-bond acceptors (Lipinski definition) is 4. The number of phenols is 2. The standard InChI is InChI=1S/C14H12N2O3/c17-12-5-1-3-10(7-12)9-15-16-14(19)11-4-2-6-13(18)8-11/h1-9,17-18H,(H,16,19)/b15-9+. The molecule has 2 aromatic rings. The number of hydrazone groups is 1. The number of nitrogens with one attached hydrogen (secondary N) is 1. The summed E-state index contributed by atoms with van der Waals surface area (Å²) in [7, 11) is 0. The summed E-state index contributed by atoms with van der Waals surface area (Å²) in [6.45, 7) is 0. The smallest absolute Gasteiger partial charge is 0.271 e. The van der Waals surface area contributed by atoms with Crippen LogP contribution >= 0.6 is 0 Å². The van der Waals surface area contributed by atoms with Gasteiger partial charge in [0.2, 0.25) is 0 Å². The maximum atomic E-state index is 11.7. The number of amides is 1. The first-order chi connectivity index (χ1) is 9.15. The van der Waals surface area contributed by atoms with Crippen molar-refractivity contribution in [3.05, 3.63) is 59.7 Å². The van der Waals surface area contributed by atoms with Crippen LogP contribution in [-0.2, 0) is 0 Å². The number of carbonyl (C=O) groups excluding carboxylic acids is 1. The minimum Gasteiger partial charge on any atom is -0.508 e. The summed E-state index contributed by atoms with van der Waals surface area (Å²) < 4.78 is 0. The minimum absolute atomic E-state index is 0.0182. The number of hydrogen-bond donors (Lipinski definition) is 3. The summed E-state index contributed by atoms with van der Waals surface area (Å²) >= 11 is 0. The Bertz CT molecular complexity index is 624. The highest BCUT2D eigenvalue weighted by atomic mass is 16.3. The van der Waals surface area contributed by atoms with Gasteiger partial charge in [-0.05, 0) is 35.9 Å². The Kier molecular flexibility index (Phi) is 3.78. The van der Waals surface area contributed by atoms with Crippen molar-refractivity contribution in [3.63, 3.8) is 0 Å². The van der Waals surface area contributed by atoms with Crippen molar-refractivity contribution in [2.24, 2.45) is 5.10 Å². The van der Waals surface area contributed by atoms with Gasteiger partial charge in [0.05, 0.1) is 6.21 Å². The Balaban J connectivity index is 2.01. The van der Waals surface area contributed by atoms with E-state index in [9.17, 15) is 15.0 Å². The fourth-order valence-corrected chi connectivity index (χ4v) is 1.48. The Morgan fingerprint density at radius 2 is 1.74 bits per heavy atom. The summed E-state index contributed by atoms with van der Waals surface area (Å²) in [4.78, 5) is 11.7. The molecule has 0 fully saturated rings. The van der Waals surface area contributed by atoms with Crippen molar-refractivity contribution >= 4 is 12.1 Å². The van der Waals surface area contributed by atoms with Gasteiger partial charge in [0.25, 0.3) is 5.91 Å². The van der Waals surface area contributed by atoms with Crippen molar-refractivity contribution in [2.75, 3.05) is 0 Å². The lowest BCUT2D eigenvalue weighted by molar-refractivity contribution is 0.0954. The van der Waals surface area contributed by atoms with Crippen LogP contribution in [0.3, 0.4) is 0 Å². The Morgan fingerprint density at radius 3 is 2.42 bits per heavy atom. The lowest BCUT2D eigenvalue weighted by Gasteiger charge is -2.00. The molecular weight excluding hydrogens is 244 g/mol. The SMILES string of the molecule is O=C(N/N=C/c1cccc(O)c1)c1cccc(O)c1. The molecule has 0 atom stereocenters. The number of benzene rings is 2. The van der Waals surface area contributed by atoms with Crippen LogP contribution in [0.25, 0.3) is 0 Å². The second-order valence-electron chi connectivity index (χ2n) is 3.84. The molecule has 0 aliphatic carbocycles. The molecule has 0 saturated carbocycles. The number of rotatable bonds is 3. The third-order valence-corrected chi connectivity index (χ3v) is 2.36. The third-order valence-electron chi connectivity index (χ3n) is 2.36. The van der Waals surface area contributed by atoms with E-state index in [1.807, 2.05) is 0 Å². The normalized spacial score (nSPS) is 10.5. The van der Waals surface area contributed by atoms with E-state index in [-0.39, 0.29) is 11.5 Å². The first kappa shape index (κ1) is 12.6. The van der Waals surface area contributed by atoms with Crippen molar-refractivity contribution in [1.82, 2.24) is 5.43 Å². The Labute approximate surface area is 109 Å². The first-order valence-corrected chi connectivity index (χ1v) is 5.56. The van der Waals surface area contributed by atoms with Crippen LogP contribution in [0, 0.1) is 0 Å². The van der Waals surface area contributed by atoms with Crippen LogP contribution in [0.4, 0.5) is 0 Å². The second-order valence-corrected chi connectivity index (χ2v) is 3.84. The number of nitrogens with zero attached hydrogens (tertiary/aromatic N) is 1. The van der Waals surface area contributed by atoms with Crippen LogP contribution < -0.4 is 5.43 Å². The zero-order chi connectivity index (χ0) is 13.7. The van der Waals surface area contributed by atoms with Crippen molar-refractivity contribution in [3.8, 4) is 11.5 Å². The molecule has 0 bridgehead atoms. The van der Waals surface area contributed by atoms with Crippen LogP contribution in [-0.4, -0.2) is 22.3 Å². The monoisotopic (exact) mass is 256 g/mol. The van der Waals surface area contributed by atoms with E-state index < -0.39 is 5.91 Å². The molecule has 0 unspecified atom stereocenters. The highest BCUT2D eigenvalue weighted by Crippen LogP contribution is 2.11. The highest BCUT2D eigenvalue weighted by Gasteiger charge is 2.03. The van der Waals surface area contributed by atoms with Crippen LogP contribution in [0.1, 0.15) is 15.9 Å². The third kappa shape index (κ3) is 3.57. The number of aromatic hydroxyl groups is 2. The van der Waals surface area contributed by atoms with E-state index in [2.05, 4.69) is 10.5 Å². The average Bonchev–Trinajstić information content (AvgIpc) is 2.38. The fourth-order valence-electron chi connectivity index (χ4n) is 1.48. The molecule has 19 heavy (non-hydrogen) atoms. The van der Waals surface area contributed by atoms with E-state index >= 15 is 0 Å². The van der Waals surface area contributed by atoms with Crippen molar-refractivity contribution < 1.29 is 15.0 Å². The van der Waals surface area contributed by atoms with Gasteiger partial charge in [0, 0.05) is 5.56 Å². The van der Waals surface area contributed by atoms with Gasteiger partial charge in [-0.15, -0.1) is 0 Å². The molecule has 2 aromatic carbocycles. The summed E-state index contributed by atoms with van der Waals surface area (Å²) in [5, 5.41) is 22.3. The quantitative estimate of drug-likeness (QED) is 0.579. The first-order valence-electron chi connectivity index (χ1n) is 5.56. The van der Waals surface area contributed by atoms with Gasteiger partial charge < -0.3 is 10.2 Å². The predicted molar refractivity (Wildman–Crippen MR) is 71.3 cm³/mol. The second kappa shape index (κ2) is 5.68. The summed E-state index contributed by atoms with van der Waals surface area (Å²) in [6.07, 6.45) is 1.42. The van der Waals surface area contributed by atoms with E-state index in [1.165, 1.54) is 24.4 Å². The van der Waals surface area contributed by atoms with Gasteiger partial charge in [0.1, 0.15) is 11.5 Å². The molecule has 0 aliphatic heterocycles. The summed E-state index contributed by atoms with van der Waals surface area (Å²) in [5.74, 6) is -0.278. The number of carbonyl (C=O) groups is 1. The van der Waals surface area contributed by atoms with E-state index in [0.29, 0.717) is 11.1 Å². The van der Waals surface area contributed by atoms with Crippen LogP contribution in [0.2, 0.25) is 0 Å². The zero-order valence-corrected chi connectivity index (χ0v) is 9.95. The van der Waals surface area contributed by atoms with Crippen molar-refractivity contribution in [2.45, 2.75) is 0 Å². The maximum Gasteiger partial charge on any atom is 0.271 e. The fraction of sp³-hybridized carbons (Fsp3) is 0. The topological polar surface area (TPSA) is 81.9 Å². The molecule has 0 aromatic heterocycles. The largest absolute Gasteiger partial charge is 0.508 e. The Hall–Kier alpha value is -2.82. The molecule has 0 aliphatic rings. The molecule has 0 saturated heterocycles. The highest BCUT2D eigenvalue weighted by molar-refractivity contribution is 5.95. The van der Waals surface area contributed by atoms with Crippen molar-refractivity contribution in [1.29, 1.82) is 0 Å². The molecule has 3 N–H and O–H groups in total. The van der Waals surface area contributed by atoms with E-state index in [0.717, 1.165) is 0 Å². The van der Waals surface area contributed by atoms with Gasteiger partial charge in [0.15, 0.2) is 0 Å². The van der Waals surface area contributed by atoms with Gasteiger partial charge in [-0.25, -0.2) is 5.43 Å². The van der Waals surface area contributed by atoms with Gasteiger partial charge in [-0.1, -0.05) is 18.2 Å². The van der Waals surface area contributed by atoms with Gasteiger partial charge in [-0.3, -0.25) is 4.79 Å². The van der Waals surface area contributed by atoms with E-state index in [4.69, 9.17) is 0 Å². The molecule has 5 nitrogen and oxygen atoms in total. The average molecular weight is 256 g/mol. The molecular formula is C14H12N2O3.